The van der Waals surface area contributed by atoms with E-state index in [4.69, 9.17) is 0 Å². The minimum Gasteiger partial charge on any atom is -0.372 e. The SMILES string of the molecule is CCc1cccc(C)c1NC(=O)CN(C(C)=O)c1ccc(N2CCCCC2)cc1. The number of aryl methyl sites for hydroxylation is 2. The molecule has 0 atom stereocenters. The van der Waals surface area contributed by atoms with Crippen molar-refractivity contribution in [3.63, 3.8) is 0 Å². The fourth-order valence-corrected chi connectivity index (χ4v) is 3.90. The Bertz CT molecular complexity index is 855. The summed E-state index contributed by atoms with van der Waals surface area (Å²) in [6.45, 7) is 7.70. The van der Waals surface area contributed by atoms with Crippen molar-refractivity contribution in [2.75, 3.05) is 34.8 Å². The summed E-state index contributed by atoms with van der Waals surface area (Å²) in [4.78, 5) is 28.9. The number of hydrogen-bond acceptors (Lipinski definition) is 3. The van der Waals surface area contributed by atoms with Crippen LogP contribution in [0.15, 0.2) is 42.5 Å². The lowest BCUT2D eigenvalue weighted by Crippen LogP contribution is -2.37. The van der Waals surface area contributed by atoms with Crippen LogP contribution in [0.4, 0.5) is 17.1 Å². The number of carbonyl (C=O) groups is 2. The quantitative estimate of drug-likeness (QED) is 0.784. The van der Waals surface area contributed by atoms with Crippen LogP contribution in [0.5, 0.6) is 0 Å². The third-order valence-electron chi connectivity index (χ3n) is 5.57. The fraction of sp³-hybridized carbons (Fsp3) is 0.417. The van der Waals surface area contributed by atoms with Crippen LogP contribution in [0.1, 0.15) is 44.2 Å². The summed E-state index contributed by atoms with van der Waals surface area (Å²) >= 11 is 0. The average Bonchev–Trinajstić information content (AvgIpc) is 2.74. The van der Waals surface area contributed by atoms with Gasteiger partial charge >= 0.3 is 0 Å². The van der Waals surface area contributed by atoms with Crippen molar-refractivity contribution in [1.82, 2.24) is 0 Å². The van der Waals surface area contributed by atoms with Crippen molar-refractivity contribution < 1.29 is 9.59 Å². The van der Waals surface area contributed by atoms with Crippen LogP contribution in [0.2, 0.25) is 0 Å². The molecule has 1 heterocycles. The highest BCUT2D eigenvalue weighted by Gasteiger charge is 2.18. The molecule has 2 amide bonds. The van der Waals surface area contributed by atoms with E-state index < -0.39 is 0 Å². The molecule has 1 N–H and O–H groups in total. The predicted molar refractivity (Wildman–Crippen MR) is 120 cm³/mol. The molecule has 0 saturated carbocycles. The maximum atomic E-state index is 12.7. The lowest BCUT2D eigenvalue weighted by molar-refractivity contribution is -0.120. The summed E-state index contributed by atoms with van der Waals surface area (Å²) in [5, 5.41) is 3.01. The highest BCUT2D eigenvalue weighted by atomic mass is 16.2. The Labute approximate surface area is 173 Å². The van der Waals surface area contributed by atoms with Gasteiger partial charge in [0.05, 0.1) is 0 Å². The second kappa shape index (κ2) is 9.59. The minimum atomic E-state index is -0.190. The molecule has 0 radical (unpaired) electrons. The highest BCUT2D eigenvalue weighted by molar-refractivity contribution is 6.02. The molecule has 1 fully saturated rings. The fourth-order valence-electron chi connectivity index (χ4n) is 3.90. The first-order valence-electron chi connectivity index (χ1n) is 10.5. The van der Waals surface area contributed by atoms with E-state index in [-0.39, 0.29) is 18.4 Å². The lowest BCUT2D eigenvalue weighted by atomic mass is 10.1. The van der Waals surface area contributed by atoms with Crippen molar-refractivity contribution in [3.05, 3.63) is 53.6 Å². The lowest BCUT2D eigenvalue weighted by Gasteiger charge is -2.29. The maximum absolute atomic E-state index is 12.7. The summed E-state index contributed by atoms with van der Waals surface area (Å²) in [5.41, 5.74) is 4.89. The molecule has 0 unspecified atom stereocenters. The van der Waals surface area contributed by atoms with Crippen molar-refractivity contribution in [3.8, 4) is 0 Å². The molecule has 0 bridgehead atoms. The molecular formula is C24H31N3O2. The number of nitrogens with one attached hydrogen (secondary N) is 1. The van der Waals surface area contributed by atoms with Gasteiger partial charge in [0, 0.05) is 37.1 Å². The van der Waals surface area contributed by atoms with Gasteiger partial charge in [-0.15, -0.1) is 0 Å². The number of rotatable bonds is 6. The first kappa shape index (κ1) is 20.9. The first-order chi connectivity index (χ1) is 14.0. The minimum absolute atomic E-state index is 0.00408. The van der Waals surface area contributed by atoms with Crippen LogP contribution >= 0.6 is 0 Å². The molecule has 1 aliphatic heterocycles. The van der Waals surface area contributed by atoms with Gasteiger partial charge < -0.3 is 15.1 Å². The number of benzene rings is 2. The molecule has 1 aliphatic rings. The van der Waals surface area contributed by atoms with Crippen LogP contribution in [0.3, 0.4) is 0 Å². The largest absolute Gasteiger partial charge is 0.372 e. The Morgan fingerprint density at radius 2 is 1.72 bits per heavy atom. The summed E-state index contributed by atoms with van der Waals surface area (Å²) in [6.07, 6.45) is 4.58. The summed E-state index contributed by atoms with van der Waals surface area (Å²) < 4.78 is 0. The van der Waals surface area contributed by atoms with Gasteiger partial charge in [-0.25, -0.2) is 0 Å². The zero-order valence-corrected chi connectivity index (χ0v) is 17.7. The third-order valence-corrected chi connectivity index (χ3v) is 5.57. The number of anilines is 3. The Morgan fingerprint density at radius 3 is 2.34 bits per heavy atom. The molecule has 5 heteroatoms. The van der Waals surface area contributed by atoms with Gasteiger partial charge in [-0.2, -0.15) is 0 Å². The molecule has 1 saturated heterocycles. The van der Waals surface area contributed by atoms with Crippen LogP contribution in [0, 0.1) is 6.92 Å². The van der Waals surface area contributed by atoms with Crippen molar-refractivity contribution >= 4 is 28.9 Å². The van der Waals surface area contributed by atoms with Gasteiger partial charge in [0.25, 0.3) is 0 Å². The van der Waals surface area contributed by atoms with Crippen LogP contribution in [0.25, 0.3) is 0 Å². The maximum Gasteiger partial charge on any atom is 0.244 e. The van der Waals surface area contributed by atoms with Gasteiger partial charge in [-0.05, 0) is 68.0 Å². The molecular weight excluding hydrogens is 362 g/mol. The molecule has 2 aromatic carbocycles. The zero-order valence-electron chi connectivity index (χ0n) is 17.7. The first-order valence-corrected chi connectivity index (χ1v) is 10.5. The van der Waals surface area contributed by atoms with Crippen LogP contribution in [-0.2, 0) is 16.0 Å². The van der Waals surface area contributed by atoms with Gasteiger partial charge in [0.15, 0.2) is 0 Å². The number of piperidine rings is 1. The number of amides is 2. The standard InChI is InChI=1S/C24H31N3O2/c1-4-20-10-8-9-18(2)24(20)25-23(29)17-27(19(3)28)22-13-11-21(12-14-22)26-15-6-5-7-16-26/h8-14H,4-7,15-17H2,1-3H3,(H,25,29). The van der Waals surface area contributed by atoms with Gasteiger partial charge in [0.2, 0.25) is 11.8 Å². The van der Waals surface area contributed by atoms with Crippen LogP contribution in [-0.4, -0.2) is 31.4 Å². The molecule has 29 heavy (non-hydrogen) atoms. The molecule has 3 rings (SSSR count). The second-order valence-corrected chi connectivity index (χ2v) is 7.68. The molecule has 2 aromatic rings. The zero-order chi connectivity index (χ0) is 20.8. The Hall–Kier alpha value is -2.82. The Kier molecular flexibility index (Phi) is 6.91. The smallest absolute Gasteiger partial charge is 0.244 e. The molecule has 0 aromatic heterocycles. The van der Waals surface area contributed by atoms with Gasteiger partial charge in [-0.3, -0.25) is 9.59 Å². The van der Waals surface area contributed by atoms with E-state index in [1.807, 2.05) is 49.4 Å². The Balaban J connectivity index is 1.71. The van der Waals surface area contributed by atoms with Crippen molar-refractivity contribution in [2.45, 2.75) is 46.5 Å². The number of nitrogens with zero attached hydrogens (tertiary/aromatic N) is 2. The number of hydrogen-bond donors (Lipinski definition) is 1. The third kappa shape index (κ3) is 5.17. The van der Waals surface area contributed by atoms with Crippen molar-refractivity contribution in [1.29, 1.82) is 0 Å². The topological polar surface area (TPSA) is 52.7 Å². The normalized spacial score (nSPS) is 13.8. The molecule has 0 aliphatic carbocycles. The molecule has 5 nitrogen and oxygen atoms in total. The molecule has 0 spiro atoms. The van der Waals surface area contributed by atoms with E-state index in [1.54, 1.807) is 0 Å². The molecule has 154 valence electrons. The number of para-hydroxylation sites is 1. The van der Waals surface area contributed by atoms with Crippen molar-refractivity contribution in [2.24, 2.45) is 0 Å². The van der Waals surface area contributed by atoms with E-state index in [0.29, 0.717) is 0 Å². The van der Waals surface area contributed by atoms with E-state index in [1.165, 1.54) is 36.8 Å². The number of carbonyl (C=O) groups excluding carboxylic acids is 2. The second-order valence-electron chi connectivity index (χ2n) is 7.68. The van der Waals surface area contributed by atoms with E-state index in [0.717, 1.165) is 42.0 Å². The predicted octanol–water partition coefficient (Wildman–Crippen LogP) is 4.54. The van der Waals surface area contributed by atoms with Gasteiger partial charge in [-0.1, -0.05) is 25.1 Å². The van der Waals surface area contributed by atoms with E-state index in [9.17, 15) is 9.59 Å². The summed E-state index contributed by atoms with van der Waals surface area (Å²) in [5.74, 6) is -0.337. The van der Waals surface area contributed by atoms with Crippen LogP contribution < -0.4 is 15.1 Å². The summed E-state index contributed by atoms with van der Waals surface area (Å²) in [7, 11) is 0. The van der Waals surface area contributed by atoms with Gasteiger partial charge in [0.1, 0.15) is 6.54 Å². The van der Waals surface area contributed by atoms with E-state index in [2.05, 4.69) is 17.1 Å². The monoisotopic (exact) mass is 393 g/mol. The Morgan fingerprint density at radius 1 is 1.03 bits per heavy atom. The average molecular weight is 394 g/mol. The highest BCUT2D eigenvalue weighted by Crippen LogP contribution is 2.25. The summed E-state index contributed by atoms with van der Waals surface area (Å²) in [6, 6.07) is 14.0. The van der Waals surface area contributed by atoms with E-state index >= 15 is 0 Å².